The summed E-state index contributed by atoms with van der Waals surface area (Å²) in [5.74, 6) is 0. The zero-order valence-corrected chi connectivity index (χ0v) is 102. The smallest absolute Gasteiger partial charge is 0.398 e. The van der Waals surface area contributed by atoms with Crippen molar-refractivity contribution in [3.8, 4) is 0 Å². The van der Waals surface area contributed by atoms with Crippen molar-refractivity contribution in [3.63, 3.8) is 0 Å². The van der Waals surface area contributed by atoms with Crippen LogP contribution in [0.5, 0.6) is 0 Å². The quantitative estimate of drug-likeness (QED) is 0.0676. The molecule has 0 radical (unpaired) electrons. The zero-order chi connectivity index (χ0) is 103. The Balaban J connectivity index is -0.000000108. The van der Waals surface area contributed by atoms with Crippen molar-refractivity contribution in [2.75, 3.05) is 0 Å². The molecular weight excluding hydrogens is 1650 g/mol. The minimum atomic E-state index is -2.67. The Morgan fingerprint density at radius 3 is 0.117 bits per heavy atom. The van der Waals surface area contributed by atoms with Crippen molar-refractivity contribution in [2.24, 2.45) is 0 Å². The van der Waals surface area contributed by atoms with E-state index in [0.717, 1.165) is 0 Å². The lowest BCUT2D eigenvalue weighted by molar-refractivity contribution is 0.338. The lowest BCUT2D eigenvalue weighted by atomic mass is 10.2. The fourth-order valence-corrected chi connectivity index (χ4v) is 72.4. The SMILES string of the molecule is CC(C)(C)P(C(C)(C)C)C(C)(C)C.CC(C)(C)P(C(C)(C)C)C(C)(C)C.CC(C)(C)P(C(C)(C)C)C(C)(C)C.CC(C)(C)P(C(C)(C)C)C(C)(C)C.CC(C)(C)P(C(C)(C)C)C(C)(C)C.CC(C)(C)P(C(C)(C)C)C(C)(C)C.CC(C)(C)P(C(C)(C)C)C(C)(C)C.CC(C)(C)P(C(C)(C)C)C(C)(C)C.OB(O)F.OB(O)F.OB(O)F.OB(O)F. The summed E-state index contributed by atoms with van der Waals surface area (Å²) in [7, 11) is -10.5. The average molecular weight is 1870 g/mol. The molecule has 0 aliphatic carbocycles. The summed E-state index contributed by atoms with van der Waals surface area (Å²) in [6.45, 7) is 172. The molecule has 8 N–H and O–H groups in total. The molecule has 0 fully saturated rings. The van der Waals surface area contributed by atoms with Crippen LogP contribution in [0.3, 0.4) is 0 Å². The van der Waals surface area contributed by atoms with E-state index in [2.05, 4.69) is 499 Å². The summed E-state index contributed by atoms with van der Waals surface area (Å²) in [5, 5.41) is 66.4. The number of rotatable bonds is 0. The predicted molar refractivity (Wildman–Crippen MR) is 575 cm³/mol. The molecule has 0 aromatic heterocycles. The first kappa shape index (κ1) is 149. The largest absolute Gasteiger partial charge is 0.674 e. The van der Waals surface area contributed by atoms with Crippen LogP contribution in [0.15, 0.2) is 0 Å². The van der Waals surface area contributed by atoms with Gasteiger partial charge in [-0.2, -0.15) is 0 Å². The lowest BCUT2D eigenvalue weighted by Gasteiger charge is -2.49. The zero-order valence-electron chi connectivity index (χ0n) is 95.0. The van der Waals surface area contributed by atoms with Gasteiger partial charge in [0.2, 0.25) is 0 Å². The highest BCUT2D eigenvalue weighted by molar-refractivity contribution is 7.65. The van der Waals surface area contributed by atoms with Gasteiger partial charge in [0.15, 0.2) is 0 Å². The van der Waals surface area contributed by atoms with Crippen molar-refractivity contribution in [3.05, 3.63) is 0 Å². The van der Waals surface area contributed by atoms with E-state index in [-0.39, 0.29) is 63.4 Å². The van der Waals surface area contributed by atoms with E-state index in [1.54, 1.807) is 0 Å². The van der Waals surface area contributed by atoms with Gasteiger partial charge in [-0.3, -0.25) is 17.3 Å². The minimum Gasteiger partial charge on any atom is -0.398 e. The Hall–Kier alpha value is 3.10. The molecule has 8 nitrogen and oxygen atoms in total. The topological polar surface area (TPSA) is 162 Å². The highest BCUT2D eigenvalue weighted by Crippen LogP contribution is 2.73. The van der Waals surface area contributed by atoms with Gasteiger partial charge in [-0.15, -0.1) is 0 Å². The van der Waals surface area contributed by atoms with Gasteiger partial charge in [0.1, 0.15) is 0 Å². The maximum atomic E-state index is 10.1. The molecule has 0 saturated heterocycles. The monoisotopic (exact) mass is 1870 g/mol. The summed E-state index contributed by atoms with van der Waals surface area (Å²) >= 11 is 0. The minimum absolute atomic E-state index is 0.0162. The van der Waals surface area contributed by atoms with Gasteiger partial charge >= 0.3 is 29.6 Å². The second-order valence-corrected chi connectivity index (χ2v) is 93.6. The molecule has 0 spiro atoms. The van der Waals surface area contributed by atoms with E-state index in [9.17, 15) is 17.3 Å². The lowest BCUT2D eigenvalue weighted by Crippen LogP contribution is -2.34. The van der Waals surface area contributed by atoms with Crippen molar-refractivity contribution in [2.45, 2.75) is 622 Å². The molecule has 0 amide bonds. The average Bonchev–Trinajstić information content (AvgIpc) is 0.852. The Morgan fingerprint density at radius 1 is 0.100 bits per heavy atom. The summed E-state index contributed by atoms with van der Waals surface area (Å²) in [6, 6.07) is 0. The molecule has 0 atom stereocenters. The fourth-order valence-electron chi connectivity index (χ4n) is 24.1. The van der Waals surface area contributed by atoms with Crippen molar-refractivity contribution in [1.82, 2.24) is 0 Å². The van der Waals surface area contributed by atoms with Gasteiger partial charge in [0.05, 0.1) is 0 Å². The molecule has 0 unspecified atom stereocenters. The third-order valence-electron chi connectivity index (χ3n) is 16.1. The molecule has 736 valence electrons. The normalized spacial score (nSPS) is 14.1. The molecule has 24 heteroatoms. The van der Waals surface area contributed by atoms with Gasteiger partial charge in [0.25, 0.3) is 0 Å². The molecule has 0 bridgehead atoms. The highest BCUT2D eigenvalue weighted by atomic mass is 31.1. The summed E-state index contributed by atoms with van der Waals surface area (Å²) < 4.78 is 40.4. The van der Waals surface area contributed by atoms with E-state index < -0.39 is 29.6 Å². The van der Waals surface area contributed by atoms with Crippen LogP contribution in [0.1, 0.15) is 499 Å². The van der Waals surface area contributed by atoms with E-state index in [4.69, 9.17) is 40.2 Å². The Bertz CT molecular complexity index is 1790. The van der Waals surface area contributed by atoms with Crippen molar-refractivity contribution >= 4 is 93.0 Å². The Morgan fingerprint density at radius 2 is 0.117 bits per heavy atom. The van der Waals surface area contributed by atoms with E-state index in [1.807, 2.05) is 0 Å². The Kier molecular flexibility index (Phi) is 66.2. The van der Waals surface area contributed by atoms with Crippen LogP contribution in [0.4, 0.5) is 17.3 Å². The molecule has 0 aliphatic rings. The molecular formula is C96H224B4F4O8P8. The van der Waals surface area contributed by atoms with E-state index >= 15 is 0 Å². The summed E-state index contributed by atoms with van der Waals surface area (Å²) in [6.07, 6.45) is 0. The van der Waals surface area contributed by atoms with Gasteiger partial charge in [-0.25, -0.2) is 0 Å². The van der Waals surface area contributed by atoms with E-state index in [0.29, 0.717) is 124 Å². The second-order valence-electron chi connectivity index (χ2n) is 56.0. The van der Waals surface area contributed by atoms with Gasteiger partial charge < -0.3 is 40.2 Å². The van der Waals surface area contributed by atoms with Crippen LogP contribution in [0, 0.1) is 0 Å². The fraction of sp³-hybridized carbons (Fsp3) is 1.00. The van der Waals surface area contributed by atoms with Gasteiger partial charge in [-0.1, -0.05) is 562 Å². The molecule has 0 aliphatic heterocycles. The van der Waals surface area contributed by atoms with Crippen molar-refractivity contribution < 1.29 is 57.5 Å². The van der Waals surface area contributed by atoms with Crippen LogP contribution in [-0.4, -0.2) is 194 Å². The van der Waals surface area contributed by atoms with Crippen LogP contribution < -0.4 is 0 Å². The molecule has 0 rings (SSSR count). The van der Waals surface area contributed by atoms with Crippen molar-refractivity contribution in [1.29, 1.82) is 0 Å². The number of hydrogen-bond donors (Lipinski definition) is 8. The van der Waals surface area contributed by atoms with Crippen LogP contribution in [-0.2, 0) is 0 Å². The maximum absolute atomic E-state index is 10.1. The van der Waals surface area contributed by atoms with E-state index in [1.165, 1.54) is 0 Å². The summed E-state index contributed by atoms with van der Waals surface area (Å²) in [5.41, 5.74) is 0. The van der Waals surface area contributed by atoms with Crippen LogP contribution >= 0.6 is 63.4 Å². The molecule has 120 heavy (non-hydrogen) atoms. The molecule has 0 aromatic rings. The Labute approximate surface area is 767 Å². The van der Waals surface area contributed by atoms with Gasteiger partial charge in [-0.05, 0) is 124 Å². The number of halogens is 4. The van der Waals surface area contributed by atoms with Gasteiger partial charge in [0, 0.05) is 0 Å². The molecule has 0 aromatic carbocycles. The molecule has 0 saturated carbocycles. The predicted octanol–water partition coefficient (Wildman–Crippen LogP) is 34.6. The van der Waals surface area contributed by atoms with Crippen LogP contribution in [0.25, 0.3) is 0 Å². The first-order valence-electron chi connectivity index (χ1n) is 44.3. The molecule has 0 heterocycles. The third-order valence-corrected chi connectivity index (χ3v) is 48.3. The first-order valence-corrected chi connectivity index (χ1v) is 55.0. The maximum Gasteiger partial charge on any atom is 0.674 e. The standard InChI is InChI=1S/8C12H27P.4BFH2O2/c8*1-10(2,3)13(11(4,5)6)12(7,8)9;4*2-1(3)4/h8*1-9H3;4*3-4H. The highest BCUT2D eigenvalue weighted by Gasteiger charge is 2.49. The summed E-state index contributed by atoms with van der Waals surface area (Å²) in [4.78, 5) is 0. The first-order chi connectivity index (χ1) is 49.9. The number of hydrogen-bond acceptors (Lipinski definition) is 8. The second kappa shape index (κ2) is 53.4. The third kappa shape index (κ3) is 80.7. The van der Waals surface area contributed by atoms with Crippen LogP contribution in [0.2, 0.25) is 0 Å².